The minimum Gasteiger partial charge on any atom is -0.359 e. The van der Waals surface area contributed by atoms with Gasteiger partial charge in [0.2, 0.25) is 5.95 Å². The molecule has 2 unspecified atom stereocenters. The van der Waals surface area contributed by atoms with Gasteiger partial charge in [0.25, 0.3) is 0 Å². The zero-order chi connectivity index (χ0) is 19.7. The van der Waals surface area contributed by atoms with Crippen molar-refractivity contribution < 1.29 is 4.79 Å². The third-order valence-electron chi connectivity index (χ3n) is 6.10. The summed E-state index contributed by atoms with van der Waals surface area (Å²) in [4.78, 5) is 30.3. The van der Waals surface area contributed by atoms with Crippen LogP contribution in [0, 0.1) is 0 Å². The second kappa shape index (κ2) is 7.87. The molecule has 0 radical (unpaired) electrons. The van der Waals surface area contributed by atoms with E-state index >= 15 is 0 Å². The van der Waals surface area contributed by atoms with Crippen LogP contribution in [-0.4, -0.2) is 57.5 Å². The first-order valence-corrected chi connectivity index (χ1v) is 10.2. The van der Waals surface area contributed by atoms with Crippen molar-refractivity contribution in [3.63, 3.8) is 0 Å². The molecule has 0 aromatic carbocycles. The summed E-state index contributed by atoms with van der Waals surface area (Å²) < 4.78 is 1.85. The molecule has 1 fully saturated rings. The molecule has 3 heterocycles. The first-order valence-electron chi connectivity index (χ1n) is 10.2. The Morgan fingerprint density at radius 1 is 1.29 bits per heavy atom. The van der Waals surface area contributed by atoms with Crippen molar-refractivity contribution in [2.45, 2.75) is 63.6 Å². The number of fused-ring (bicyclic) bond motifs is 1. The summed E-state index contributed by atoms with van der Waals surface area (Å²) in [5.74, 6) is 1.53. The Labute approximate surface area is 165 Å². The highest BCUT2D eigenvalue weighted by Gasteiger charge is 2.41. The number of carbonyl (C=O) groups excluding carboxylic acids is 1. The van der Waals surface area contributed by atoms with E-state index in [0.29, 0.717) is 18.5 Å². The minimum atomic E-state index is -0.183. The van der Waals surface area contributed by atoms with Gasteiger partial charge in [0.05, 0.1) is 23.6 Å². The van der Waals surface area contributed by atoms with Crippen molar-refractivity contribution in [2.75, 3.05) is 23.4 Å². The molecule has 1 aliphatic heterocycles. The van der Waals surface area contributed by atoms with Gasteiger partial charge in [-0.25, -0.2) is 9.97 Å². The largest absolute Gasteiger partial charge is 0.359 e. The minimum absolute atomic E-state index is 0.122. The Balaban J connectivity index is 1.78. The summed E-state index contributed by atoms with van der Waals surface area (Å²) in [7, 11) is 1.96. The van der Waals surface area contributed by atoms with Crippen LogP contribution in [0.5, 0.6) is 0 Å². The molecule has 0 amide bonds. The van der Waals surface area contributed by atoms with Gasteiger partial charge in [-0.05, 0) is 25.8 Å². The van der Waals surface area contributed by atoms with Gasteiger partial charge in [0.15, 0.2) is 5.82 Å². The number of aldehydes is 1. The second-order valence-corrected chi connectivity index (χ2v) is 7.75. The molecule has 28 heavy (non-hydrogen) atoms. The molecule has 0 saturated heterocycles. The van der Waals surface area contributed by atoms with Gasteiger partial charge >= 0.3 is 0 Å². The van der Waals surface area contributed by atoms with E-state index in [2.05, 4.69) is 21.8 Å². The zero-order valence-electron chi connectivity index (χ0n) is 16.7. The van der Waals surface area contributed by atoms with E-state index in [0.717, 1.165) is 49.2 Å². The van der Waals surface area contributed by atoms with Gasteiger partial charge in [-0.1, -0.05) is 19.8 Å². The van der Waals surface area contributed by atoms with Crippen molar-refractivity contribution in [3.8, 4) is 5.95 Å². The van der Waals surface area contributed by atoms with Gasteiger partial charge in [-0.3, -0.25) is 4.57 Å². The smallest absolute Gasteiger partial charge is 0.236 e. The SMILES string of the molecule is CCC1C(C=O)N(C)c2cnc(-n3cnc(CCN)c3)nc2N1C1CCCC1. The molecular formula is C20H29N7O. The highest BCUT2D eigenvalue weighted by atomic mass is 16.1. The van der Waals surface area contributed by atoms with Gasteiger partial charge in [-0.15, -0.1) is 0 Å². The maximum atomic E-state index is 11.9. The number of anilines is 2. The molecule has 2 aliphatic rings. The van der Waals surface area contributed by atoms with Crippen LogP contribution in [0.2, 0.25) is 0 Å². The number of rotatable bonds is 6. The number of nitrogens with zero attached hydrogens (tertiary/aromatic N) is 6. The summed E-state index contributed by atoms with van der Waals surface area (Å²) in [6, 6.07) is 0.367. The van der Waals surface area contributed by atoms with Crippen LogP contribution in [0.25, 0.3) is 5.95 Å². The van der Waals surface area contributed by atoms with Crippen molar-refractivity contribution in [1.82, 2.24) is 19.5 Å². The van der Waals surface area contributed by atoms with Crippen molar-refractivity contribution in [1.29, 1.82) is 0 Å². The van der Waals surface area contributed by atoms with Gasteiger partial charge in [-0.2, -0.15) is 4.98 Å². The number of aromatic nitrogens is 4. The highest BCUT2D eigenvalue weighted by Crippen LogP contribution is 2.41. The van der Waals surface area contributed by atoms with E-state index in [1.54, 1.807) is 6.33 Å². The molecule has 1 aliphatic carbocycles. The topological polar surface area (TPSA) is 93.2 Å². The average Bonchev–Trinajstić information content (AvgIpc) is 3.40. The van der Waals surface area contributed by atoms with E-state index in [1.165, 1.54) is 12.8 Å². The fourth-order valence-corrected chi connectivity index (χ4v) is 4.66. The normalized spacial score (nSPS) is 22.5. The molecule has 2 N–H and O–H groups in total. The van der Waals surface area contributed by atoms with Crippen LogP contribution in [0.3, 0.4) is 0 Å². The molecule has 2 aromatic rings. The first kappa shape index (κ1) is 18.9. The van der Waals surface area contributed by atoms with Gasteiger partial charge in [0.1, 0.15) is 18.7 Å². The standard InChI is InChI=1S/C20H29N7O/c1-3-16-18(12-28)25(2)17-10-22-20(26-11-14(8-9-21)23-13-26)24-19(17)27(16)15-6-4-5-7-15/h10-13,15-16,18H,3-9,21H2,1-2H3. The quantitative estimate of drug-likeness (QED) is 0.759. The van der Waals surface area contributed by atoms with Crippen LogP contribution in [0.15, 0.2) is 18.7 Å². The fraction of sp³-hybridized carbons (Fsp3) is 0.600. The summed E-state index contributed by atoms with van der Waals surface area (Å²) in [5.41, 5.74) is 7.49. The van der Waals surface area contributed by atoms with E-state index in [1.807, 2.05) is 28.9 Å². The molecule has 150 valence electrons. The van der Waals surface area contributed by atoms with Crippen molar-refractivity contribution >= 4 is 17.8 Å². The van der Waals surface area contributed by atoms with E-state index in [4.69, 9.17) is 10.7 Å². The highest BCUT2D eigenvalue weighted by molar-refractivity contribution is 5.79. The number of likely N-dealkylation sites (N-methyl/N-ethyl adjacent to an activating group) is 1. The fourth-order valence-electron chi connectivity index (χ4n) is 4.66. The van der Waals surface area contributed by atoms with Gasteiger partial charge < -0.3 is 20.3 Å². The Kier molecular flexibility index (Phi) is 5.30. The molecule has 4 rings (SSSR count). The number of hydrogen-bond donors (Lipinski definition) is 1. The van der Waals surface area contributed by atoms with Crippen LogP contribution in [-0.2, 0) is 11.2 Å². The lowest BCUT2D eigenvalue weighted by Crippen LogP contribution is -2.58. The third-order valence-corrected chi connectivity index (χ3v) is 6.10. The Morgan fingerprint density at radius 2 is 2.07 bits per heavy atom. The predicted octanol–water partition coefficient (Wildman–Crippen LogP) is 1.71. The van der Waals surface area contributed by atoms with Crippen molar-refractivity contribution in [3.05, 3.63) is 24.4 Å². The maximum absolute atomic E-state index is 11.9. The molecule has 8 nitrogen and oxygen atoms in total. The molecule has 2 atom stereocenters. The van der Waals surface area contributed by atoms with Crippen LogP contribution in [0.4, 0.5) is 11.5 Å². The maximum Gasteiger partial charge on any atom is 0.236 e. The third kappa shape index (κ3) is 3.15. The Bertz CT molecular complexity index is 830. The molecular weight excluding hydrogens is 354 g/mol. The number of imidazole rings is 1. The monoisotopic (exact) mass is 383 g/mol. The zero-order valence-corrected chi connectivity index (χ0v) is 16.7. The first-order chi connectivity index (χ1) is 13.7. The molecule has 1 saturated carbocycles. The number of hydrogen-bond acceptors (Lipinski definition) is 7. The Hall–Kier alpha value is -2.48. The van der Waals surface area contributed by atoms with Crippen LogP contribution in [0.1, 0.15) is 44.7 Å². The second-order valence-electron chi connectivity index (χ2n) is 7.75. The average molecular weight is 384 g/mol. The molecule has 0 spiro atoms. The molecule has 0 bridgehead atoms. The summed E-state index contributed by atoms with van der Waals surface area (Å²) in [6.07, 6.45) is 13.0. The van der Waals surface area contributed by atoms with Gasteiger partial charge in [0, 0.05) is 25.7 Å². The lowest BCUT2D eigenvalue weighted by Gasteiger charge is -2.48. The summed E-state index contributed by atoms with van der Waals surface area (Å²) in [5, 5.41) is 0. The lowest BCUT2D eigenvalue weighted by molar-refractivity contribution is -0.109. The van der Waals surface area contributed by atoms with Crippen LogP contribution >= 0.6 is 0 Å². The van der Waals surface area contributed by atoms with E-state index < -0.39 is 0 Å². The summed E-state index contributed by atoms with van der Waals surface area (Å²) in [6.45, 7) is 2.71. The predicted molar refractivity (Wildman–Crippen MR) is 109 cm³/mol. The van der Waals surface area contributed by atoms with E-state index in [-0.39, 0.29) is 12.1 Å². The molecule has 8 heteroatoms. The number of nitrogens with two attached hydrogens (primary N) is 1. The lowest BCUT2D eigenvalue weighted by atomic mass is 9.97. The van der Waals surface area contributed by atoms with Crippen molar-refractivity contribution in [2.24, 2.45) is 5.73 Å². The number of carbonyl (C=O) groups is 1. The molecule has 2 aromatic heterocycles. The van der Waals surface area contributed by atoms with Crippen LogP contribution < -0.4 is 15.5 Å². The summed E-state index contributed by atoms with van der Waals surface area (Å²) >= 11 is 0. The Morgan fingerprint density at radius 3 is 2.75 bits per heavy atom. The van der Waals surface area contributed by atoms with E-state index in [9.17, 15) is 4.79 Å².